The number of carbonyl (C=O) groups excluding carboxylic acids is 1. The monoisotopic (exact) mass is 376 g/mol. The summed E-state index contributed by atoms with van der Waals surface area (Å²) in [5.74, 6) is 1.82. The van der Waals surface area contributed by atoms with Gasteiger partial charge in [0, 0.05) is 17.9 Å². The summed E-state index contributed by atoms with van der Waals surface area (Å²) in [4.78, 5) is 16.6. The Balaban J connectivity index is 1.30. The van der Waals surface area contributed by atoms with Gasteiger partial charge in [-0.15, -0.1) is 0 Å². The molecule has 3 N–H and O–H groups in total. The molecule has 0 radical (unpaired) electrons. The number of anilines is 2. The van der Waals surface area contributed by atoms with Gasteiger partial charge in [0.05, 0.1) is 19.9 Å². The third-order valence-electron chi connectivity index (χ3n) is 5.31. The lowest BCUT2D eigenvalue weighted by Gasteiger charge is -2.36. The van der Waals surface area contributed by atoms with Crippen LogP contribution in [0, 0.1) is 0 Å². The molecule has 6 heteroatoms. The number of nitrogen functional groups attached to an aromatic ring is 1. The molecule has 1 aromatic heterocycles. The minimum atomic E-state index is -0.0818. The van der Waals surface area contributed by atoms with Crippen molar-refractivity contribution >= 4 is 17.4 Å². The van der Waals surface area contributed by atoms with E-state index in [0.29, 0.717) is 24.2 Å². The van der Waals surface area contributed by atoms with Gasteiger partial charge < -0.3 is 20.4 Å². The number of rotatable bonds is 6. The maximum Gasteiger partial charge on any atom is 0.229 e. The van der Waals surface area contributed by atoms with Crippen LogP contribution in [0.4, 0.5) is 11.5 Å². The molecule has 3 aromatic rings. The van der Waals surface area contributed by atoms with E-state index in [1.54, 1.807) is 13.4 Å². The number of hydrogen-bond donors (Lipinski definition) is 2. The standard InChI is InChI=1S/C22H24N4O2/c1-28-20-7-5-15(6-8-20)9-22(27)25-21-13-26(14-24-21)19-11-17(12-19)16-3-2-4-18(23)10-16/h2-8,10,13-14,17,19H,9,11-12,23H2,1H3,(H,25,27). The molecular weight excluding hydrogens is 352 g/mol. The molecule has 0 unspecified atom stereocenters. The lowest BCUT2D eigenvalue weighted by atomic mass is 9.75. The van der Waals surface area contributed by atoms with Crippen molar-refractivity contribution in [3.63, 3.8) is 0 Å². The van der Waals surface area contributed by atoms with E-state index in [0.717, 1.165) is 29.8 Å². The number of benzene rings is 2. The first-order valence-electron chi connectivity index (χ1n) is 9.42. The maximum atomic E-state index is 12.3. The third kappa shape index (κ3) is 4.01. The SMILES string of the molecule is COc1ccc(CC(=O)Nc2cn(C3CC(c4cccc(N)c4)C3)cn2)cc1. The zero-order valence-corrected chi connectivity index (χ0v) is 15.8. The van der Waals surface area contributed by atoms with E-state index >= 15 is 0 Å². The Kier molecular flexibility index (Phi) is 5.02. The molecule has 1 heterocycles. The Hall–Kier alpha value is -3.28. The van der Waals surface area contributed by atoms with Crippen molar-refractivity contribution in [1.82, 2.24) is 9.55 Å². The molecule has 6 nitrogen and oxygen atoms in total. The predicted molar refractivity (Wildman–Crippen MR) is 109 cm³/mol. The van der Waals surface area contributed by atoms with Gasteiger partial charge in [0.15, 0.2) is 5.82 Å². The highest BCUT2D eigenvalue weighted by molar-refractivity contribution is 5.91. The second kappa shape index (κ2) is 7.76. The number of ether oxygens (including phenoxy) is 1. The molecule has 1 fully saturated rings. The van der Waals surface area contributed by atoms with Gasteiger partial charge in [-0.1, -0.05) is 24.3 Å². The van der Waals surface area contributed by atoms with Gasteiger partial charge in [-0.05, 0) is 54.2 Å². The largest absolute Gasteiger partial charge is 0.497 e. The van der Waals surface area contributed by atoms with Gasteiger partial charge in [0.1, 0.15) is 5.75 Å². The predicted octanol–water partition coefficient (Wildman–Crippen LogP) is 3.77. The molecule has 2 aromatic carbocycles. The Morgan fingerprint density at radius 2 is 2.04 bits per heavy atom. The van der Waals surface area contributed by atoms with Gasteiger partial charge in [-0.25, -0.2) is 4.98 Å². The van der Waals surface area contributed by atoms with Crippen LogP contribution in [-0.4, -0.2) is 22.6 Å². The topological polar surface area (TPSA) is 82.2 Å². The number of methoxy groups -OCH3 is 1. The van der Waals surface area contributed by atoms with E-state index in [9.17, 15) is 4.79 Å². The summed E-state index contributed by atoms with van der Waals surface area (Å²) in [5, 5.41) is 2.87. The van der Waals surface area contributed by atoms with Crippen LogP contribution >= 0.6 is 0 Å². The fraction of sp³-hybridized carbons (Fsp3) is 0.273. The van der Waals surface area contributed by atoms with Crippen molar-refractivity contribution in [3.05, 3.63) is 72.2 Å². The Morgan fingerprint density at radius 1 is 1.25 bits per heavy atom. The molecule has 28 heavy (non-hydrogen) atoms. The highest BCUT2D eigenvalue weighted by atomic mass is 16.5. The summed E-state index contributed by atoms with van der Waals surface area (Å²) in [6, 6.07) is 16.0. The van der Waals surface area contributed by atoms with E-state index in [1.165, 1.54) is 5.56 Å². The minimum Gasteiger partial charge on any atom is -0.497 e. The van der Waals surface area contributed by atoms with E-state index in [-0.39, 0.29) is 5.91 Å². The van der Waals surface area contributed by atoms with Crippen molar-refractivity contribution in [2.75, 3.05) is 18.2 Å². The number of imidazole rings is 1. The molecule has 0 aliphatic heterocycles. The molecule has 4 rings (SSSR count). The Morgan fingerprint density at radius 3 is 2.75 bits per heavy atom. The van der Waals surface area contributed by atoms with Crippen LogP contribution in [0.2, 0.25) is 0 Å². The number of carbonyl (C=O) groups is 1. The number of hydrogen-bond acceptors (Lipinski definition) is 4. The molecule has 1 aliphatic carbocycles. The molecular formula is C22H24N4O2. The first-order valence-corrected chi connectivity index (χ1v) is 9.42. The lowest BCUT2D eigenvalue weighted by Crippen LogP contribution is -2.24. The van der Waals surface area contributed by atoms with Gasteiger partial charge in [-0.2, -0.15) is 0 Å². The first kappa shape index (κ1) is 18.1. The molecule has 0 bridgehead atoms. The summed E-state index contributed by atoms with van der Waals surface area (Å²) in [5.41, 5.74) is 8.92. The molecule has 0 atom stereocenters. The van der Waals surface area contributed by atoms with Crippen molar-refractivity contribution in [2.45, 2.75) is 31.2 Å². The van der Waals surface area contributed by atoms with Crippen LogP contribution < -0.4 is 15.8 Å². The number of nitrogens with one attached hydrogen (secondary N) is 1. The van der Waals surface area contributed by atoms with Crippen LogP contribution in [0.3, 0.4) is 0 Å². The van der Waals surface area contributed by atoms with Gasteiger partial charge >= 0.3 is 0 Å². The molecule has 0 spiro atoms. The number of amides is 1. The fourth-order valence-electron chi connectivity index (χ4n) is 3.63. The number of nitrogens with zero attached hydrogens (tertiary/aromatic N) is 2. The van der Waals surface area contributed by atoms with Crippen LogP contribution in [0.15, 0.2) is 61.1 Å². The average molecular weight is 376 g/mol. The molecule has 1 amide bonds. The van der Waals surface area contributed by atoms with E-state index in [4.69, 9.17) is 10.5 Å². The fourth-order valence-corrected chi connectivity index (χ4v) is 3.63. The zero-order chi connectivity index (χ0) is 19.5. The third-order valence-corrected chi connectivity index (χ3v) is 5.31. The summed E-state index contributed by atoms with van der Waals surface area (Å²) < 4.78 is 7.22. The van der Waals surface area contributed by atoms with Gasteiger partial charge in [0.25, 0.3) is 0 Å². The summed E-state index contributed by atoms with van der Waals surface area (Å²) in [7, 11) is 1.62. The van der Waals surface area contributed by atoms with E-state index in [1.807, 2.05) is 42.6 Å². The lowest BCUT2D eigenvalue weighted by molar-refractivity contribution is -0.115. The second-order valence-electron chi connectivity index (χ2n) is 7.27. The highest BCUT2D eigenvalue weighted by Crippen LogP contribution is 2.45. The normalized spacial score (nSPS) is 18.3. The number of aromatic nitrogens is 2. The molecule has 0 saturated heterocycles. The maximum absolute atomic E-state index is 12.3. The Labute approximate surface area is 164 Å². The van der Waals surface area contributed by atoms with Crippen LogP contribution in [0.5, 0.6) is 5.75 Å². The number of nitrogens with two attached hydrogens (primary N) is 1. The average Bonchev–Trinajstić information content (AvgIpc) is 3.09. The first-order chi connectivity index (χ1) is 13.6. The minimum absolute atomic E-state index is 0.0818. The quantitative estimate of drug-likeness (QED) is 0.642. The second-order valence-corrected chi connectivity index (χ2v) is 7.27. The van der Waals surface area contributed by atoms with Gasteiger partial charge in [0.2, 0.25) is 5.91 Å². The molecule has 144 valence electrons. The van der Waals surface area contributed by atoms with Crippen molar-refractivity contribution in [3.8, 4) is 5.75 Å². The van der Waals surface area contributed by atoms with Crippen molar-refractivity contribution in [1.29, 1.82) is 0 Å². The van der Waals surface area contributed by atoms with Crippen LogP contribution in [-0.2, 0) is 11.2 Å². The Bertz CT molecular complexity index is 959. The molecule has 1 saturated carbocycles. The smallest absolute Gasteiger partial charge is 0.229 e. The molecule has 1 aliphatic rings. The van der Waals surface area contributed by atoms with Crippen LogP contribution in [0.25, 0.3) is 0 Å². The summed E-state index contributed by atoms with van der Waals surface area (Å²) in [6.07, 6.45) is 6.12. The van der Waals surface area contributed by atoms with E-state index in [2.05, 4.69) is 27.0 Å². The highest BCUT2D eigenvalue weighted by Gasteiger charge is 2.31. The summed E-state index contributed by atoms with van der Waals surface area (Å²) in [6.45, 7) is 0. The van der Waals surface area contributed by atoms with Crippen molar-refractivity contribution in [2.24, 2.45) is 0 Å². The van der Waals surface area contributed by atoms with E-state index < -0.39 is 0 Å². The van der Waals surface area contributed by atoms with Crippen molar-refractivity contribution < 1.29 is 9.53 Å². The van der Waals surface area contributed by atoms with Crippen LogP contribution in [0.1, 0.15) is 35.9 Å². The summed E-state index contributed by atoms with van der Waals surface area (Å²) >= 11 is 0. The van der Waals surface area contributed by atoms with Gasteiger partial charge in [-0.3, -0.25) is 4.79 Å². The zero-order valence-electron chi connectivity index (χ0n) is 15.8.